The van der Waals surface area contributed by atoms with Crippen LogP contribution in [0.2, 0.25) is 0 Å². The zero-order valence-corrected chi connectivity index (χ0v) is 8.62. The molecule has 4 nitrogen and oxygen atoms in total. The third kappa shape index (κ3) is 1.29. The van der Waals surface area contributed by atoms with E-state index >= 15 is 0 Å². The number of hydrogen-bond acceptors (Lipinski definition) is 2. The number of carbonyl (C=O) groups is 2. The molecule has 2 aliphatic heterocycles. The Morgan fingerprint density at radius 1 is 1.43 bits per heavy atom. The number of nitrogens with zero attached hydrogens (tertiary/aromatic N) is 1. The van der Waals surface area contributed by atoms with Crippen LogP contribution >= 0.6 is 0 Å². The first kappa shape index (κ1) is 9.49. The second kappa shape index (κ2) is 3.26. The average molecular weight is 196 g/mol. The Morgan fingerprint density at radius 2 is 2.14 bits per heavy atom. The van der Waals surface area contributed by atoms with Crippen molar-refractivity contribution >= 4 is 11.8 Å². The molecule has 2 aliphatic rings. The van der Waals surface area contributed by atoms with E-state index in [4.69, 9.17) is 0 Å². The molecule has 2 saturated heterocycles. The summed E-state index contributed by atoms with van der Waals surface area (Å²) in [7, 11) is 0. The number of amides is 2. The van der Waals surface area contributed by atoms with Crippen LogP contribution in [0.4, 0.5) is 0 Å². The van der Waals surface area contributed by atoms with Gasteiger partial charge in [-0.3, -0.25) is 9.59 Å². The normalized spacial score (nSPS) is 32.1. The van der Waals surface area contributed by atoms with Gasteiger partial charge in [0.15, 0.2) is 0 Å². The standard InChI is InChI=1S/C10H16N2O2/c1-6(2)8-10(14)12-5-3-4-7(12)9(13)11-8/h6-8H,3-5H2,1-2H3,(H,11,13)/t7?,8-/m0/s1. The Hall–Kier alpha value is -1.06. The van der Waals surface area contributed by atoms with Crippen LogP contribution in [-0.2, 0) is 9.59 Å². The highest BCUT2D eigenvalue weighted by atomic mass is 16.2. The summed E-state index contributed by atoms with van der Waals surface area (Å²) in [6, 6.07) is -0.491. The Morgan fingerprint density at radius 3 is 2.79 bits per heavy atom. The smallest absolute Gasteiger partial charge is 0.246 e. The van der Waals surface area contributed by atoms with Crippen molar-refractivity contribution in [2.75, 3.05) is 6.54 Å². The maximum Gasteiger partial charge on any atom is 0.246 e. The predicted molar refractivity (Wildman–Crippen MR) is 51.5 cm³/mol. The maximum atomic E-state index is 11.9. The molecular formula is C10H16N2O2. The minimum absolute atomic E-state index is 0.0285. The van der Waals surface area contributed by atoms with E-state index in [0.29, 0.717) is 0 Å². The number of fused-ring (bicyclic) bond motifs is 1. The van der Waals surface area contributed by atoms with Gasteiger partial charge in [-0.25, -0.2) is 0 Å². The summed E-state index contributed by atoms with van der Waals surface area (Å²) in [6.07, 6.45) is 1.77. The summed E-state index contributed by atoms with van der Waals surface area (Å²) in [5.41, 5.74) is 0. The zero-order valence-electron chi connectivity index (χ0n) is 8.62. The molecule has 0 bridgehead atoms. The quantitative estimate of drug-likeness (QED) is 0.648. The van der Waals surface area contributed by atoms with Crippen molar-refractivity contribution in [1.82, 2.24) is 10.2 Å². The molecule has 1 N–H and O–H groups in total. The van der Waals surface area contributed by atoms with Gasteiger partial charge in [-0.2, -0.15) is 0 Å². The number of carbonyl (C=O) groups excluding carboxylic acids is 2. The minimum Gasteiger partial charge on any atom is -0.342 e. The molecule has 2 atom stereocenters. The van der Waals surface area contributed by atoms with Gasteiger partial charge < -0.3 is 10.2 Å². The SMILES string of the molecule is CC(C)[C@@H]1NC(=O)C2CCCN2C1=O. The van der Waals surface area contributed by atoms with Crippen molar-refractivity contribution in [3.05, 3.63) is 0 Å². The summed E-state index contributed by atoms with van der Waals surface area (Å²) in [6.45, 7) is 4.67. The first-order valence-electron chi connectivity index (χ1n) is 5.22. The summed E-state index contributed by atoms with van der Waals surface area (Å²) in [5.74, 6) is 0.302. The Labute approximate surface area is 83.6 Å². The fourth-order valence-corrected chi connectivity index (χ4v) is 2.24. The van der Waals surface area contributed by atoms with Crippen LogP contribution in [0.1, 0.15) is 26.7 Å². The molecule has 0 spiro atoms. The molecule has 0 saturated carbocycles. The van der Waals surface area contributed by atoms with Gasteiger partial charge in [0.05, 0.1) is 0 Å². The number of rotatable bonds is 1. The van der Waals surface area contributed by atoms with E-state index in [9.17, 15) is 9.59 Å². The third-order valence-electron chi connectivity index (χ3n) is 3.07. The van der Waals surface area contributed by atoms with Gasteiger partial charge in [-0.1, -0.05) is 13.8 Å². The van der Waals surface area contributed by atoms with Gasteiger partial charge in [0, 0.05) is 6.54 Å². The van der Waals surface area contributed by atoms with E-state index in [1.165, 1.54) is 0 Å². The molecule has 2 heterocycles. The fourth-order valence-electron chi connectivity index (χ4n) is 2.24. The molecule has 0 aliphatic carbocycles. The number of hydrogen-bond donors (Lipinski definition) is 1. The molecular weight excluding hydrogens is 180 g/mol. The molecule has 0 aromatic rings. The highest BCUT2D eigenvalue weighted by Gasteiger charge is 2.43. The molecule has 2 rings (SSSR count). The number of nitrogens with one attached hydrogen (secondary N) is 1. The molecule has 14 heavy (non-hydrogen) atoms. The van der Waals surface area contributed by atoms with Gasteiger partial charge in [-0.05, 0) is 18.8 Å². The van der Waals surface area contributed by atoms with E-state index in [1.54, 1.807) is 4.90 Å². The van der Waals surface area contributed by atoms with Crippen LogP contribution in [0.15, 0.2) is 0 Å². The van der Waals surface area contributed by atoms with Crippen molar-refractivity contribution in [1.29, 1.82) is 0 Å². The molecule has 2 amide bonds. The van der Waals surface area contributed by atoms with Crippen LogP contribution in [0, 0.1) is 5.92 Å². The van der Waals surface area contributed by atoms with E-state index in [0.717, 1.165) is 19.4 Å². The largest absolute Gasteiger partial charge is 0.342 e. The fraction of sp³-hybridized carbons (Fsp3) is 0.800. The van der Waals surface area contributed by atoms with Gasteiger partial charge in [0.1, 0.15) is 12.1 Å². The molecule has 4 heteroatoms. The lowest BCUT2D eigenvalue weighted by molar-refractivity contribution is -0.148. The third-order valence-corrected chi connectivity index (χ3v) is 3.07. The van der Waals surface area contributed by atoms with Gasteiger partial charge in [0.2, 0.25) is 11.8 Å². The molecule has 0 aromatic heterocycles. The first-order valence-corrected chi connectivity index (χ1v) is 5.22. The Kier molecular flexibility index (Phi) is 2.21. The first-order chi connectivity index (χ1) is 6.61. The van der Waals surface area contributed by atoms with E-state index in [1.807, 2.05) is 13.8 Å². The van der Waals surface area contributed by atoms with E-state index < -0.39 is 0 Å². The summed E-state index contributed by atoms with van der Waals surface area (Å²) in [4.78, 5) is 25.3. The molecule has 78 valence electrons. The van der Waals surface area contributed by atoms with Crippen LogP contribution in [0.3, 0.4) is 0 Å². The Bertz CT molecular complexity index is 271. The molecule has 1 unspecified atom stereocenters. The van der Waals surface area contributed by atoms with Crippen molar-refractivity contribution in [2.45, 2.75) is 38.8 Å². The van der Waals surface area contributed by atoms with Crippen molar-refractivity contribution in [2.24, 2.45) is 5.92 Å². The molecule has 0 radical (unpaired) electrons. The second-order valence-electron chi connectivity index (χ2n) is 4.42. The summed E-state index contributed by atoms with van der Waals surface area (Å²) in [5, 5.41) is 2.81. The lowest BCUT2D eigenvalue weighted by Crippen LogP contribution is -2.62. The summed E-state index contributed by atoms with van der Waals surface area (Å²) >= 11 is 0. The van der Waals surface area contributed by atoms with Crippen LogP contribution in [0.25, 0.3) is 0 Å². The highest BCUT2D eigenvalue weighted by Crippen LogP contribution is 2.23. The van der Waals surface area contributed by atoms with Gasteiger partial charge in [-0.15, -0.1) is 0 Å². The van der Waals surface area contributed by atoms with Crippen molar-refractivity contribution < 1.29 is 9.59 Å². The van der Waals surface area contributed by atoms with Crippen LogP contribution in [0.5, 0.6) is 0 Å². The lowest BCUT2D eigenvalue weighted by atomic mass is 9.99. The minimum atomic E-state index is -0.308. The lowest BCUT2D eigenvalue weighted by Gasteiger charge is -2.36. The number of piperazine rings is 1. The molecule has 0 aromatic carbocycles. The summed E-state index contributed by atoms with van der Waals surface area (Å²) < 4.78 is 0. The van der Waals surface area contributed by atoms with Crippen LogP contribution < -0.4 is 5.32 Å². The van der Waals surface area contributed by atoms with Crippen molar-refractivity contribution in [3.8, 4) is 0 Å². The Balaban J connectivity index is 2.20. The predicted octanol–water partition coefficient (Wildman–Crippen LogP) is 0.132. The zero-order chi connectivity index (χ0) is 10.3. The monoisotopic (exact) mass is 196 g/mol. The topological polar surface area (TPSA) is 49.4 Å². The second-order valence-corrected chi connectivity index (χ2v) is 4.42. The van der Waals surface area contributed by atoms with Crippen LogP contribution in [-0.4, -0.2) is 35.3 Å². The molecule has 2 fully saturated rings. The average Bonchev–Trinajstić information content (AvgIpc) is 2.59. The van der Waals surface area contributed by atoms with E-state index in [-0.39, 0.29) is 29.8 Å². The van der Waals surface area contributed by atoms with Crippen molar-refractivity contribution in [3.63, 3.8) is 0 Å². The maximum absolute atomic E-state index is 11.9. The highest BCUT2D eigenvalue weighted by molar-refractivity contribution is 5.97. The van der Waals surface area contributed by atoms with Gasteiger partial charge in [0.25, 0.3) is 0 Å². The van der Waals surface area contributed by atoms with E-state index in [2.05, 4.69) is 5.32 Å². The van der Waals surface area contributed by atoms with Gasteiger partial charge >= 0.3 is 0 Å².